The molecule has 0 radical (unpaired) electrons. The van der Waals surface area contributed by atoms with Gasteiger partial charge in [0.25, 0.3) is 5.91 Å². The highest BCUT2D eigenvalue weighted by molar-refractivity contribution is 5.95. The number of nitrogens with one attached hydrogen (secondary N) is 2. The molecule has 0 aliphatic heterocycles. The van der Waals surface area contributed by atoms with E-state index in [1.165, 1.54) is 25.1 Å². The predicted molar refractivity (Wildman–Crippen MR) is 72.6 cm³/mol. The number of carbonyl (C=O) groups is 1. The molecule has 1 saturated carbocycles. The van der Waals surface area contributed by atoms with E-state index in [0.717, 1.165) is 18.8 Å². The lowest BCUT2D eigenvalue weighted by Gasteiger charge is -2.09. The summed E-state index contributed by atoms with van der Waals surface area (Å²) in [7, 11) is 0. The largest absolute Gasteiger partial charge is 0.368 e. The van der Waals surface area contributed by atoms with Crippen molar-refractivity contribution in [2.75, 3.05) is 18.4 Å². The molecule has 0 spiro atoms. The molecule has 1 amide bonds. The third-order valence-electron chi connectivity index (χ3n) is 3.25. The van der Waals surface area contributed by atoms with E-state index in [0.29, 0.717) is 13.1 Å². The smallest absolute Gasteiger partial charge is 0.254 e. The standard InChI is InChI=1S/C14H20FN3O/c1-2-16-13-12(15)11(7-9-17-13)14(19)18-8-3-4-10-5-6-10/h7,9-10H,2-6,8H2,1H3,(H,16,17)(H,18,19). The van der Waals surface area contributed by atoms with Gasteiger partial charge >= 0.3 is 0 Å². The van der Waals surface area contributed by atoms with Gasteiger partial charge in [-0.15, -0.1) is 0 Å². The van der Waals surface area contributed by atoms with Crippen molar-refractivity contribution in [3.8, 4) is 0 Å². The van der Waals surface area contributed by atoms with Crippen molar-refractivity contribution in [1.82, 2.24) is 10.3 Å². The number of hydrogen-bond donors (Lipinski definition) is 2. The van der Waals surface area contributed by atoms with Gasteiger partial charge in [-0.1, -0.05) is 12.8 Å². The molecule has 1 fully saturated rings. The SMILES string of the molecule is CCNc1nccc(C(=O)NCCCC2CC2)c1F. The van der Waals surface area contributed by atoms with Crippen LogP contribution in [0.4, 0.5) is 10.2 Å². The van der Waals surface area contributed by atoms with Gasteiger partial charge in [-0.2, -0.15) is 0 Å². The first-order chi connectivity index (χ1) is 9.22. The lowest BCUT2D eigenvalue weighted by Crippen LogP contribution is -2.26. The Morgan fingerprint density at radius 1 is 1.53 bits per heavy atom. The Labute approximate surface area is 112 Å². The number of rotatable bonds is 7. The normalized spacial score (nSPS) is 14.2. The zero-order valence-corrected chi connectivity index (χ0v) is 11.2. The second kappa shape index (κ2) is 6.50. The summed E-state index contributed by atoms with van der Waals surface area (Å²) >= 11 is 0. The van der Waals surface area contributed by atoms with Crippen LogP contribution in [-0.2, 0) is 0 Å². The molecule has 2 rings (SSSR count). The van der Waals surface area contributed by atoms with Crippen molar-refractivity contribution in [1.29, 1.82) is 0 Å². The van der Waals surface area contributed by atoms with E-state index in [-0.39, 0.29) is 17.3 Å². The van der Waals surface area contributed by atoms with Crippen LogP contribution in [0.2, 0.25) is 0 Å². The number of nitrogens with zero attached hydrogens (tertiary/aromatic N) is 1. The van der Waals surface area contributed by atoms with Crippen LogP contribution >= 0.6 is 0 Å². The average Bonchev–Trinajstić information content (AvgIpc) is 3.21. The van der Waals surface area contributed by atoms with Crippen molar-refractivity contribution < 1.29 is 9.18 Å². The summed E-state index contributed by atoms with van der Waals surface area (Å²) in [4.78, 5) is 15.7. The molecule has 1 aliphatic rings. The summed E-state index contributed by atoms with van der Waals surface area (Å²) in [6.45, 7) is 3.02. The lowest BCUT2D eigenvalue weighted by molar-refractivity contribution is 0.0948. The summed E-state index contributed by atoms with van der Waals surface area (Å²) in [5.41, 5.74) is 0.0531. The van der Waals surface area contributed by atoms with Crippen LogP contribution in [0.25, 0.3) is 0 Å². The summed E-state index contributed by atoms with van der Waals surface area (Å²) in [5, 5.41) is 5.55. The summed E-state index contributed by atoms with van der Waals surface area (Å²) in [6.07, 6.45) is 6.20. The minimum Gasteiger partial charge on any atom is -0.368 e. The molecular weight excluding hydrogens is 245 g/mol. The molecule has 5 heteroatoms. The summed E-state index contributed by atoms with van der Waals surface area (Å²) in [5.74, 6) is 0.0435. The van der Waals surface area contributed by atoms with E-state index in [9.17, 15) is 9.18 Å². The van der Waals surface area contributed by atoms with Crippen LogP contribution in [0.15, 0.2) is 12.3 Å². The third-order valence-corrected chi connectivity index (χ3v) is 3.25. The number of amides is 1. The van der Waals surface area contributed by atoms with Crippen molar-refractivity contribution in [2.45, 2.75) is 32.6 Å². The fourth-order valence-corrected chi connectivity index (χ4v) is 2.00. The first kappa shape index (κ1) is 13.8. The Bertz CT molecular complexity index is 446. The Hall–Kier alpha value is -1.65. The number of hydrogen-bond acceptors (Lipinski definition) is 3. The summed E-state index contributed by atoms with van der Waals surface area (Å²) in [6, 6.07) is 1.41. The van der Waals surface area contributed by atoms with Gasteiger partial charge in [-0.25, -0.2) is 9.37 Å². The van der Waals surface area contributed by atoms with Crippen LogP contribution in [0, 0.1) is 11.7 Å². The maximum Gasteiger partial charge on any atom is 0.254 e. The van der Waals surface area contributed by atoms with Crippen LogP contribution in [0.5, 0.6) is 0 Å². The summed E-state index contributed by atoms with van der Waals surface area (Å²) < 4.78 is 14.0. The fraction of sp³-hybridized carbons (Fsp3) is 0.571. The highest BCUT2D eigenvalue weighted by Gasteiger charge is 2.20. The monoisotopic (exact) mass is 265 g/mol. The van der Waals surface area contributed by atoms with E-state index in [2.05, 4.69) is 15.6 Å². The van der Waals surface area contributed by atoms with Gasteiger partial charge in [0.05, 0.1) is 5.56 Å². The van der Waals surface area contributed by atoms with Crippen molar-refractivity contribution >= 4 is 11.7 Å². The topological polar surface area (TPSA) is 54.0 Å². The predicted octanol–water partition coefficient (Wildman–Crippen LogP) is 2.57. The molecule has 104 valence electrons. The van der Waals surface area contributed by atoms with E-state index in [1.54, 1.807) is 0 Å². The van der Waals surface area contributed by atoms with Crippen LogP contribution in [-0.4, -0.2) is 24.0 Å². The quantitative estimate of drug-likeness (QED) is 0.745. The number of aromatic nitrogens is 1. The van der Waals surface area contributed by atoms with Gasteiger partial charge in [0.15, 0.2) is 11.6 Å². The highest BCUT2D eigenvalue weighted by atomic mass is 19.1. The van der Waals surface area contributed by atoms with Crippen molar-refractivity contribution in [3.05, 3.63) is 23.6 Å². The van der Waals surface area contributed by atoms with Crippen molar-refractivity contribution in [2.24, 2.45) is 5.92 Å². The first-order valence-corrected chi connectivity index (χ1v) is 6.89. The lowest BCUT2D eigenvalue weighted by atomic mass is 10.2. The van der Waals surface area contributed by atoms with Gasteiger partial charge < -0.3 is 10.6 Å². The van der Waals surface area contributed by atoms with E-state index in [4.69, 9.17) is 0 Å². The fourth-order valence-electron chi connectivity index (χ4n) is 2.00. The minimum absolute atomic E-state index is 0.0531. The molecule has 0 unspecified atom stereocenters. The Kier molecular flexibility index (Phi) is 4.71. The highest BCUT2D eigenvalue weighted by Crippen LogP contribution is 2.33. The second-order valence-corrected chi connectivity index (χ2v) is 4.89. The molecule has 1 aromatic rings. The van der Waals surface area contributed by atoms with Gasteiger partial charge in [0.1, 0.15) is 0 Å². The molecule has 1 heterocycles. The third kappa shape index (κ3) is 3.91. The second-order valence-electron chi connectivity index (χ2n) is 4.89. The van der Waals surface area contributed by atoms with Crippen LogP contribution in [0.3, 0.4) is 0 Å². The van der Waals surface area contributed by atoms with E-state index in [1.807, 2.05) is 6.92 Å². The van der Waals surface area contributed by atoms with E-state index >= 15 is 0 Å². The Balaban J connectivity index is 1.88. The van der Waals surface area contributed by atoms with Gasteiger partial charge in [0.2, 0.25) is 0 Å². The minimum atomic E-state index is -0.580. The molecule has 1 aromatic heterocycles. The molecule has 0 aromatic carbocycles. The van der Waals surface area contributed by atoms with Gasteiger partial charge in [-0.05, 0) is 31.7 Å². The average molecular weight is 265 g/mol. The molecule has 19 heavy (non-hydrogen) atoms. The number of anilines is 1. The van der Waals surface area contributed by atoms with Crippen LogP contribution in [0.1, 0.15) is 43.0 Å². The maximum atomic E-state index is 14.0. The van der Waals surface area contributed by atoms with Gasteiger partial charge in [0, 0.05) is 19.3 Å². The molecular formula is C14H20FN3O. The van der Waals surface area contributed by atoms with Gasteiger partial charge in [-0.3, -0.25) is 4.79 Å². The first-order valence-electron chi connectivity index (χ1n) is 6.89. The molecule has 4 nitrogen and oxygen atoms in total. The molecule has 2 N–H and O–H groups in total. The maximum absolute atomic E-state index is 14.0. The number of carbonyl (C=O) groups excluding carboxylic acids is 1. The zero-order chi connectivity index (χ0) is 13.7. The Morgan fingerprint density at radius 2 is 2.32 bits per heavy atom. The number of halogens is 1. The Morgan fingerprint density at radius 3 is 3.00 bits per heavy atom. The number of pyridine rings is 1. The van der Waals surface area contributed by atoms with Crippen LogP contribution < -0.4 is 10.6 Å². The molecule has 0 saturated heterocycles. The van der Waals surface area contributed by atoms with E-state index < -0.39 is 5.82 Å². The molecule has 1 aliphatic carbocycles. The molecule has 0 bridgehead atoms. The molecule has 0 atom stereocenters. The zero-order valence-electron chi connectivity index (χ0n) is 11.2. The van der Waals surface area contributed by atoms with Crippen molar-refractivity contribution in [3.63, 3.8) is 0 Å².